The number of carbonyl (C=O) groups excluding carboxylic acids is 4. The van der Waals surface area contributed by atoms with Crippen LogP contribution in [0.4, 0.5) is 0 Å². The van der Waals surface area contributed by atoms with Gasteiger partial charge in [-0.1, -0.05) is 96.0 Å². The number of para-hydroxylation sites is 1. The summed E-state index contributed by atoms with van der Waals surface area (Å²) < 4.78 is 15.0. The molecule has 2 N–H and O–H groups in total. The van der Waals surface area contributed by atoms with Gasteiger partial charge in [-0.05, 0) is 36.1 Å². The first kappa shape index (κ1) is 35.0. The minimum Gasteiger partial charge on any atom is -0.455 e. The minimum absolute atomic E-state index is 0.00485. The van der Waals surface area contributed by atoms with Crippen LogP contribution in [0.2, 0.25) is 0 Å². The molecule has 8 atom stereocenters. The molecule has 4 aliphatic heterocycles. The number of benzene rings is 2. The Bertz CT molecular complexity index is 1880. The molecule has 3 aromatic rings. The Morgan fingerprint density at radius 1 is 1.06 bits per heavy atom. The molecule has 0 unspecified atom stereocenters. The van der Waals surface area contributed by atoms with Gasteiger partial charge in [0, 0.05) is 17.4 Å². The van der Waals surface area contributed by atoms with Gasteiger partial charge < -0.3 is 29.7 Å². The van der Waals surface area contributed by atoms with Crippen molar-refractivity contribution in [3.63, 3.8) is 0 Å². The Labute approximate surface area is 303 Å². The molecule has 268 valence electrons. The van der Waals surface area contributed by atoms with Crippen molar-refractivity contribution in [2.75, 3.05) is 19.7 Å². The van der Waals surface area contributed by atoms with Crippen LogP contribution in [0.5, 0.6) is 0 Å². The molecule has 0 radical (unpaired) electrons. The van der Waals surface area contributed by atoms with E-state index in [9.17, 15) is 19.5 Å². The Balaban J connectivity index is 1.34. The molecule has 5 heterocycles. The van der Waals surface area contributed by atoms with Crippen LogP contribution < -0.4 is 5.32 Å². The summed E-state index contributed by atoms with van der Waals surface area (Å²) in [6.45, 7) is 3.65. The van der Waals surface area contributed by atoms with E-state index in [-0.39, 0.29) is 44.6 Å². The lowest BCUT2D eigenvalue weighted by molar-refractivity contribution is -0.161. The average Bonchev–Trinajstić information content (AvgIpc) is 3.86. The highest BCUT2D eigenvalue weighted by atomic mass is 79.9. The highest BCUT2D eigenvalue weighted by Gasteiger charge is 2.75. The molecule has 4 aliphatic rings. The number of fused-ring (bicyclic) bond motifs is 3. The largest absolute Gasteiger partial charge is 0.455 e. The number of amides is 3. The molecule has 2 fully saturated rings. The van der Waals surface area contributed by atoms with Crippen molar-refractivity contribution in [3.05, 3.63) is 82.9 Å². The SMILES string of the molecule is CC[C@H](C)[C@H](CO)N1C(=O)[C@H]2[C@@H]3C(=O)O[C@H](c4ccccc4)CNC(=O)CC/C=C\CN(Cn4nnc5ccccc54)C(=O)[C@H]1[C@@]21C=C(Br)[C@@H]3O1. The molecule has 13 nitrogen and oxygen atoms in total. The molecule has 1 spiro atoms. The molecule has 0 saturated carbocycles. The normalized spacial score (nSPS) is 30.2. The summed E-state index contributed by atoms with van der Waals surface area (Å²) in [4.78, 5) is 60.3. The number of cyclic esters (lactones) is 1. The monoisotopic (exact) mass is 760 g/mol. The summed E-state index contributed by atoms with van der Waals surface area (Å²) in [7, 11) is 0. The fraction of sp³-hybridized carbons (Fsp3) is 0.459. The van der Waals surface area contributed by atoms with Gasteiger partial charge in [-0.2, -0.15) is 0 Å². The molecule has 7 rings (SSSR count). The van der Waals surface area contributed by atoms with Gasteiger partial charge in [0.15, 0.2) is 0 Å². The summed E-state index contributed by atoms with van der Waals surface area (Å²) in [6.07, 6.45) is 4.91. The Hall–Kier alpha value is -4.40. The maximum absolute atomic E-state index is 15.2. The van der Waals surface area contributed by atoms with Crippen molar-refractivity contribution >= 4 is 50.7 Å². The first-order valence-electron chi connectivity index (χ1n) is 17.4. The van der Waals surface area contributed by atoms with Crippen LogP contribution >= 0.6 is 15.9 Å². The number of hydrogen-bond donors (Lipinski definition) is 2. The summed E-state index contributed by atoms with van der Waals surface area (Å²) in [6, 6.07) is 14.6. The zero-order valence-corrected chi connectivity index (χ0v) is 30.0. The lowest BCUT2D eigenvalue weighted by Crippen LogP contribution is -2.59. The summed E-state index contributed by atoms with van der Waals surface area (Å²) >= 11 is 3.61. The topological polar surface area (TPSA) is 156 Å². The van der Waals surface area contributed by atoms with Crippen molar-refractivity contribution in [2.24, 2.45) is 17.8 Å². The zero-order chi connectivity index (χ0) is 35.9. The maximum Gasteiger partial charge on any atom is 0.313 e. The zero-order valence-electron chi connectivity index (χ0n) is 28.4. The number of aliphatic hydroxyl groups is 1. The number of esters is 1. The molecule has 51 heavy (non-hydrogen) atoms. The third kappa shape index (κ3) is 6.16. The van der Waals surface area contributed by atoms with E-state index in [0.717, 1.165) is 0 Å². The van der Waals surface area contributed by atoms with Crippen LogP contribution in [0.25, 0.3) is 11.0 Å². The molecule has 2 saturated heterocycles. The van der Waals surface area contributed by atoms with E-state index in [1.165, 1.54) is 4.90 Å². The number of likely N-dealkylation sites (tertiary alicyclic amines) is 1. The number of aliphatic hydroxyl groups excluding tert-OH is 1. The second kappa shape index (κ2) is 14.3. The standard InChI is InChI=1S/C37H41BrN6O7/c1-3-22(2)27(20-45)44-33-35(48)42(21-43-26-15-10-9-14-25(26)40-41-43)17-11-5-8-16-29(46)39-19-28(23-12-6-4-7-13-23)50-36(49)30-31(34(44)47)37(33)18-24(38)32(30)51-37/h4-7,9-15,18,22,27-28,30-33,45H,3,8,16-17,19-21H2,1-2H3,(H,39,46)/b11-5-/t22-,27-,28-,30-,31+,32-,33-,37+/m0/s1. The van der Waals surface area contributed by atoms with Crippen LogP contribution in [-0.2, 0) is 35.3 Å². The molecule has 0 aliphatic carbocycles. The van der Waals surface area contributed by atoms with Crippen LogP contribution in [-0.4, -0.2) is 97.1 Å². The number of carbonyl (C=O) groups is 4. The van der Waals surface area contributed by atoms with E-state index >= 15 is 4.79 Å². The molecule has 3 amide bonds. The predicted molar refractivity (Wildman–Crippen MR) is 188 cm³/mol. The average molecular weight is 762 g/mol. The van der Waals surface area contributed by atoms with Gasteiger partial charge in [0.25, 0.3) is 5.91 Å². The van der Waals surface area contributed by atoms with E-state index in [0.29, 0.717) is 33.9 Å². The van der Waals surface area contributed by atoms with E-state index in [2.05, 4.69) is 31.6 Å². The molecule has 14 heteroatoms. The number of ether oxygens (including phenoxy) is 2. The molecule has 2 aromatic carbocycles. The third-order valence-electron chi connectivity index (χ3n) is 10.7. The van der Waals surface area contributed by atoms with Gasteiger partial charge in [-0.25, -0.2) is 4.68 Å². The quantitative estimate of drug-likeness (QED) is 0.273. The van der Waals surface area contributed by atoms with Crippen LogP contribution in [0, 0.1) is 17.8 Å². The fourth-order valence-electron chi connectivity index (χ4n) is 7.89. The van der Waals surface area contributed by atoms with Crippen molar-refractivity contribution in [3.8, 4) is 0 Å². The highest BCUT2D eigenvalue weighted by Crippen LogP contribution is 2.59. The number of halogens is 1. The van der Waals surface area contributed by atoms with Crippen molar-refractivity contribution < 1.29 is 33.8 Å². The smallest absolute Gasteiger partial charge is 0.313 e. The number of allylic oxidation sites excluding steroid dienone is 1. The van der Waals surface area contributed by atoms with Gasteiger partial charge in [0.1, 0.15) is 42.0 Å². The number of nitrogens with one attached hydrogen (secondary N) is 1. The Kier molecular flexibility index (Phi) is 9.83. The third-order valence-corrected chi connectivity index (χ3v) is 11.4. The second-order valence-corrected chi connectivity index (χ2v) is 14.6. The first-order valence-corrected chi connectivity index (χ1v) is 18.2. The van der Waals surface area contributed by atoms with Crippen molar-refractivity contribution in [2.45, 2.75) is 69.7 Å². The fourth-order valence-corrected chi connectivity index (χ4v) is 8.63. The number of nitrogens with zero attached hydrogens (tertiary/aromatic N) is 5. The van der Waals surface area contributed by atoms with E-state index in [1.54, 1.807) is 15.7 Å². The highest BCUT2D eigenvalue weighted by molar-refractivity contribution is 9.11. The minimum atomic E-state index is -1.53. The van der Waals surface area contributed by atoms with Crippen molar-refractivity contribution in [1.29, 1.82) is 0 Å². The number of hydrogen-bond acceptors (Lipinski definition) is 9. The second-order valence-electron chi connectivity index (χ2n) is 13.6. The van der Waals surface area contributed by atoms with E-state index in [4.69, 9.17) is 9.47 Å². The summed E-state index contributed by atoms with van der Waals surface area (Å²) in [5.41, 5.74) is 0.524. The Morgan fingerprint density at radius 3 is 2.59 bits per heavy atom. The molecular weight excluding hydrogens is 720 g/mol. The maximum atomic E-state index is 15.2. The lowest BCUT2D eigenvalue weighted by Gasteiger charge is -2.40. The van der Waals surface area contributed by atoms with Gasteiger partial charge in [0.05, 0.1) is 30.6 Å². The predicted octanol–water partition coefficient (Wildman–Crippen LogP) is 3.25. The van der Waals surface area contributed by atoms with Crippen molar-refractivity contribution in [1.82, 2.24) is 30.1 Å². The van der Waals surface area contributed by atoms with E-state index < -0.39 is 59.5 Å². The summed E-state index contributed by atoms with van der Waals surface area (Å²) in [5.74, 6) is -4.18. The van der Waals surface area contributed by atoms with Crippen LogP contribution in [0.15, 0.2) is 77.3 Å². The van der Waals surface area contributed by atoms with E-state index in [1.807, 2.05) is 80.6 Å². The first-order chi connectivity index (χ1) is 24.7. The molecule has 5 bridgehead atoms. The summed E-state index contributed by atoms with van der Waals surface area (Å²) in [5, 5.41) is 22.3. The number of rotatable bonds is 7. The molecule has 1 aromatic heterocycles. The van der Waals surface area contributed by atoms with Gasteiger partial charge in [-0.15, -0.1) is 5.10 Å². The van der Waals surface area contributed by atoms with Crippen LogP contribution in [0.3, 0.4) is 0 Å². The molecular formula is C37H41BrN6O7. The Morgan fingerprint density at radius 2 is 1.82 bits per heavy atom. The lowest BCUT2D eigenvalue weighted by atomic mass is 9.74. The van der Waals surface area contributed by atoms with Crippen LogP contribution in [0.1, 0.15) is 44.8 Å². The van der Waals surface area contributed by atoms with Gasteiger partial charge in [-0.3, -0.25) is 19.2 Å². The number of aromatic nitrogens is 3. The van der Waals surface area contributed by atoms with Gasteiger partial charge >= 0.3 is 5.97 Å². The van der Waals surface area contributed by atoms with Gasteiger partial charge in [0.2, 0.25) is 11.8 Å².